The third kappa shape index (κ3) is 4.01. The molecule has 6 heteroatoms. The maximum absolute atomic E-state index is 10.9. The molecule has 2 amide bonds. The molecule has 0 aliphatic carbocycles. The lowest BCUT2D eigenvalue weighted by molar-refractivity contribution is -0.137. The molecule has 0 aliphatic rings. The van der Waals surface area contributed by atoms with Gasteiger partial charge in [0.25, 0.3) is 0 Å². The van der Waals surface area contributed by atoms with Crippen molar-refractivity contribution < 1.29 is 9.59 Å². The van der Waals surface area contributed by atoms with Crippen molar-refractivity contribution in [2.24, 2.45) is 5.73 Å². The van der Waals surface area contributed by atoms with E-state index in [9.17, 15) is 9.59 Å². The Labute approximate surface area is 103 Å². The lowest BCUT2D eigenvalue weighted by Crippen LogP contribution is -2.35. The Morgan fingerprint density at radius 2 is 1.73 bits per heavy atom. The summed E-state index contributed by atoms with van der Waals surface area (Å²) in [7, 11) is 0. The maximum atomic E-state index is 10.9. The molecule has 3 N–H and O–H groups in total. The van der Waals surface area contributed by atoms with Crippen LogP contribution in [-0.2, 0) is 16.1 Å². The van der Waals surface area contributed by atoms with Crippen LogP contribution in [0, 0.1) is 0 Å². The summed E-state index contributed by atoms with van der Waals surface area (Å²) in [5.74, 6) is -1.77. The summed E-state index contributed by atoms with van der Waals surface area (Å²) in [5.41, 5.74) is 5.66. The van der Waals surface area contributed by atoms with Gasteiger partial charge in [0.1, 0.15) is 0 Å². The van der Waals surface area contributed by atoms with Gasteiger partial charge in [-0.2, -0.15) is 0 Å². The molecule has 0 heterocycles. The number of primary amides is 1. The molecule has 0 radical (unpaired) electrons. The molecule has 0 saturated carbocycles. The normalized spacial score (nSPS) is 9.73. The number of rotatable bonds is 2. The van der Waals surface area contributed by atoms with E-state index in [2.05, 4.69) is 37.2 Å². The van der Waals surface area contributed by atoms with Gasteiger partial charge in [-0.15, -0.1) is 0 Å². The Hall–Kier alpha value is -0.880. The lowest BCUT2D eigenvalue weighted by atomic mass is 10.2. The Bertz CT molecular complexity index is 387. The van der Waals surface area contributed by atoms with Crippen molar-refractivity contribution >= 4 is 43.7 Å². The standard InChI is InChI=1S/C9H8Br2N2O2/c10-6-1-5(2-7(11)3-6)4-13-9(15)8(12)14/h1-3H,4H2,(H2,12,14)(H,13,15). The molecular weight excluding hydrogens is 328 g/mol. The van der Waals surface area contributed by atoms with E-state index in [-0.39, 0.29) is 6.54 Å². The van der Waals surface area contributed by atoms with Gasteiger partial charge < -0.3 is 11.1 Å². The predicted octanol–water partition coefficient (Wildman–Crippen LogP) is 1.31. The minimum Gasteiger partial charge on any atom is -0.361 e. The Morgan fingerprint density at radius 1 is 1.20 bits per heavy atom. The van der Waals surface area contributed by atoms with E-state index in [1.165, 1.54) is 0 Å². The maximum Gasteiger partial charge on any atom is 0.309 e. The molecule has 1 aromatic carbocycles. The zero-order valence-corrected chi connectivity index (χ0v) is 10.8. The summed E-state index contributed by atoms with van der Waals surface area (Å²) in [6.07, 6.45) is 0. The summed E-state index contributed by atoms with van der Waals surface area (Å²) in [6, 6.07) is 5.55. The predicted molar refractivity (Wildman–Crippen MR) is 62.9 cm³/mol. The summed E-state index contributed by atoms with van der Waals surface area (Å²) < 4.78 is 1.78. The molecule has 0 aliphatic heterocycles. The van der Waals surface area contributed by atoms with E-state index < -0.39 is 11.8 Å². The van der Waals surface area contributed by atoms with Crippen LogP contribution in [0.2, 0.25) is 0 Å². The first-order valence-electron chi connectivity index (χ1n) is 4.01. The Morgan fingerprint density at radius 3 is 2.20 bits per heavy atom. The van der Waals surface area contributed by atoms with Gasteiger partial charge in [0.2, 0.25) is 0 Å². The molecular formula is C9H8Br2N2O2. The van der Waals surface area contributed by atoms with Gasteiger partial charge in [0, 0.05) is 15.5 Å². The SMILES string of the molecule is NC(=O)C(=O)NCc1cc(Br)cc(Br)c1. The van der Waals surface area contributed by atoms with Crippen LogP contribution in [-0.4, -0.2) is 11.8 Å². The van der Waals surface area contributed by atoms with E-state index in [1.54, 1.807) is 0 Å². The highest BCUT2D eigenvalue weighted by molar-refractivity contribution is 9.11. The summed E-state index contributed by atoms with van der Waals surface area (Å²) in [6.45, 7) is 0.264. The summed E-state index contributed by atoms with van der Waals surface area (Å²) >= 11 is 6.63. The molecule has 0 bridgehead atoms. The Kier molecular flexibility index (Phi) is 4.28. The number of amides is 2. The van der Waals surface area contributed by atoms with E-state index in [4.69, 9.17) is 5.73 Å². The highest BCUT2D eigenvalue weighted by atomic mass is 79.9. The van der Waals surface area contributed by atoms with Crippen molar-refractivity contribution in [3.63, 3.8) is 0 Å². The molecule has 4 nitrogen and oxygen atoms in total. The molecule has 0 spiro atoms. The number of nitrogens with one attached hydrogen (secondary N) is 1. The molecule has 0 atom stereocenters. The Balaban J connectivity index is 2.65. The van der Waals surface area contributed by atoms with Gasteiger partial charge in [-0.05, 0) is 23.8 Å². The van der Waals surface area contributed by atoms with Crippen molar-refractivity contribution in [3.05, 3.63) is 32.7 Å². The third-order valence-electron chi connectivity index (χ3n) is 1.60. The van der Waals surface area contributed by atoms with E-state index in [0.717, 1.165) is 14.5 Å². The zero-order chi connectivity index (χ0) is 11.4. The first kappa shape index (κ1) is 12.2. The zero-order valence-electron chi connectivity index (χ0n) is 7.59. The molecule has 1 aromatic rings. The second-order valence-electron chi connectivity index (χ2n) is 2.82. The molecule has 15 heavy (non-hydrogen) atoms. The summed E-state index contributed by atoms with van der Waals surface area (Å²) in [5, 5.41) is 2.40. The van der Waals surface area contributed by atoms with Crippen LogP contribution in [0.1, 0.15) is 5.56 Å². The van der Waals surface area contributed by atoms with Crippen molar-refractivity contribution in [3.8, 4) is 0 Å². The summed E-state index contributed by atoms with van der Waals surface area (Å²) in [4.78, 5) is 21.3. The number of nitrogens with two attached hydrogens (primary N) is 1. The number of benzene rings is 1. The van der Waals surface area contributed by atoms with Crippen LogP contribution in [0.5, 0.6) is 0 Å². The van der Waals surface area contributed by atoms with Crippen molar-refractivity contribution in [1.82, 2.24) is 5.32 Å². The highest BCUT2D eigenvalue weighted by Gasteiger charge is 2.07. The van der Waals surface area contributed by atoms with E-state index in [1.807, 2.05) is 18.2 Å². The second kappa shape index (κ2) is 5.27. The van der Waals surface area contributed by atoms with Gasteiger partial charge in [-0.1, -0.05) is 31.9 Å². The van der Waals surface area contributed by atoms with Gasteiger partial charge in [0.15, 0.2) is 0 Å². The van der Waals surface area contributed by atoms with Crippen molar-refractivity contribution in [2.45, 2.75) is 6.54 Å². The minimum atomic E-state index is -0.982. The molecule has 1 rings (SSSR count). The molecule has 0 saturated heterocycles. The monoisotopic (exact) mass is 334 g/mol. The number of carbonyl (C=O) groups excluding carboxylic acids is 2. The first-order valence-corrected chi connectivity index (χ1v) is 5.60. The van der Waals surface area contributed by atoms with E-state index in [0.29, 0.717) is 0 Å². The average molecular weight is 336 g/mol. The number of hydrogen-bond acceptors (Lipinski definition) is 2. The van der Waals surface area contributed by atoms with Crippen molar-refractivity contribution in [2.75, 3.05) is 0 Å². The van der Waals surface area contributed by atoms with Gasteiger partial charge in [-0.25, -0.2) is 0 Å². The number of halogens is 2. The lowest BCUT2D eigenvalue weighted by Gasteiger charge is -2.04. The van der Waals surface area contributed by atoms with Crippen LogP contribution < -0.4 is 11.1 Å². The average Bonchev–Trinajstić information content (AvgIpc) is 2.12. The minimum absolute atomic E-state index is 0.264. The number of carbonyl (C=O) groups is 2. The number of hydrogen-bond donors (Lipinski definition) is 2. The fourth-order valence-corrected chi connectivity index (χ4v) is 2.37. The van der Waals surface area contributed by atoms with Gasteiger partial charge >= 0.3 is 11.8 Å². The van der Waals surface area contributed by atoms with Crippen LogP contribution in [0.4, 0.5) is 0 Å². The second-order valence-corrected chi connectivity index (χ2v) is 4.66. The molecule has 0 fully saturated rings. The van der Waals surface area contributed by atoms with E-state index >= 15 is 0 Å². The molecule has 0 aromatic heterocycles. The van der Waals surface area contributed by atoms with Crippen molar-refractivity contribution in [1.29, 1.82) is 0 Å². The van der Waals surface area contributed by atoms with Crippen LogP contribution >= 0.6 is 31.9 Å². The first-order chi connectivity index (χ1) is 6.99. The topological polar surface area (TPSA) is 72.2 Å². The fourth-order valence-electron chi connectivity index (χ4n) is 0.982. The third-order valence-corrected chi connectivity index (χ3v) is 2.51. The largest absolute Gasteiger partial charge is 0.361 e. The van der Waals surface area contributed by atoms with Crippen LogP contribution in [0.15, 0.2) is 27.1 Å². The van der Waals surface area contributed by atoms with Crippen LogP contribution in [0.3, 0.4) is 0 Å². The smallest absolute Gasteiger partial charge is 0.309 e. The van der Waals surface area contributed by atoms with Gasteiger partial charge in [-0.3, -0.25) is 9.59 Å². The fraction of sp³-hybridized carbons (Fsp3) is 0.111. The quantitative estimate of drug-likeness (QED) is 0.800. The highest BCUT2D eigenvalue weighted by Crippen LogP contribution is 2.19. The molecule has 80 valence electrons. The van der Waals surface area contributed by atoms with Crippen LogP contribution in [0.25, 0.3) is 0 Å². The molecule has 0 unspecified atom stereocenters. The van der Waals surface area contributed by atoms with Gasteiger partial charge in [0.05, 0.1) is 0 Å².